The van der Waals surface area contributed by atoms with Gasteiger partial charge in [-0.05, 0) is 53.6 Å². The van der Waals surface area contributed by atoms with Gasteiger partial charge in [-0.2, -0.15) is 0 Å². The number of hydrogen-bond acceptors (Lipinski definition) is 2. The van der Waals surface area contributed by atoms with Crippen molar-refractivity contribution in [1.29, 1.82) is 0 Å². The number of benzene rings is 3. The smallest absolute Gasteiger partial charge is 0.279 e. The fraction of sp³-hybridized carbons (Fsp3) is 0.217. The number of carbonyl (C=O) groups is 2. The fourth-order valence-corrected chi connectivity index (χ4v) is 3.20. The van der Waals surface area contributed by atoms with E-state index in [0.717, 1.165) is 21.2 Å². The van der Waals surface area contributed by atoms with Crippen LogP contribution in [0.4, 0.5) is 10.1 Å². The van der Waals surface area contributed by atoms with E-state index in [1.165, 1.54) is 24.3 Å². The van der Waals surface area contributed by atoms with E-state index in [0.29, 0.717) is 5.69 Å². The second-order valence-electron chi connectivity index (χ2n) is 7.26. The molecule has 0 aliphatic heterocycles. The zero-order chi connectivity index (χ0) is 20.8. The summed E-state index contributed by atoms with van der Waals surface area (Å²) in [4.78, 5) is 25.2. The van der Waals surface area contributed by atoms with E-state index in [9.17, 15) is 14.0 Å². The average Bonchev–Trinajstić information content (AvgIpc) is 2.69. The van der Waals surface area contributed by atoms with E-state index in [2.05, 4.69) is 22.8 Å². The maximum absolute atomic E-state index is 12.9. The highest BCUT2D eigenvalue weighted by Crippen LogP contribution is 2.20. The van der Waals surface area contributed by atoms with Crippen LogP contribution in [0.15, 0.2) is 66.7 Å². The maximum Gasteiger partial charge on any atom is 0.279 e. The zero-order valence-corrected chi connectivity index (χ0v) is 16.5. The second-order valence-corrected chi connectivity index (χ2v) is 7.26. The number of likely N-dealkylation sites (N-methyl/N-ethyl adjacent to an activating group) is 1. The number of fused-ring (bicyclic) bond motifs is 1. The molecule has 0 aromatic heterocycles. The summed E-state index contributed by atoms with van der Waals surface area (Å²) in [5.41, 5.74) is 1.56. The monoisotopic (exact) mass is 394 g/mol. The molecule has 29 heavy (non-hydrogen) atoms. The molecule has 2 atom stereocenters. The van der Waals surface area contributed by atoms with Crippen molar-refractivity contribution < 1.29 is 18.9 Å². The normalized spacial score (nSPS) is 12.9. The molecule has 3 aromatic carbocycles. The first-order valence-corrected chi connectivity index (χ1v) is 9.55. The first-order valence-electron chi connectivity index (χ1n) is 9.55. The van der Waals surface area contributed by atoms with Gasteiger partial charge in [0.05, 0.1) is 13.1 Å². The van der Waals surface area contributed by atoms with Crippen LogP contribution in [0.25, 0.3) is 10.8 Å². The number of amides is 2. The van der Waals surface area contributed by atoms with Crippen LogP contribution in [0.3, 0.4) is 0 Å². The minimum absolute atomic E-state index is 0.127. The van der Waals surface area contributed by atoms with Gasteiger partial charge in [0.1, 0.15) is 5.82 Å². The van der Waals surface area contributed by atoms with E-state index >= 15 is 0 Å². The minimum atomic E-state index is -0.358. The third kappa shape index (κ3) is 5.86. The first kappa shape index (κ1) is 20.5. The Balaban J connectivity index is 1.49. The number of nitrogens with one attached hydrogen (secondary N) is 3. The number of halogens is 1. The molecule has 0 saturated carbocycles. The van der Waals surface area contributed by atoms with E-state index in [-0.39, 0.29) is 36.8 Å². The third-order valence-electron chi connectivity index (χ3n) is 4.70. The molecule has 0 spiro atoms. The molecular weight excluding hydrogens is 369 g/mol. The highest BCUT2D eigenvalue weighted by molar-refractivity contribution is 5.91. The zero-order valence-electron chi connectivity index (χ0n) is 16.5. The topological polar surface area (TPSA) is 62.6 Å². The highest BCUT2D eigenvalue weighted by atomic mass is 19.1. The van der Waals surface area contributed by atoms with Crippen LogP contribution in [-0.2, 0) is 9.59 Å². The Morgan fingerprint density at radius 3 is 2.31 bits per heavy atom. The van der Waals surface area contributed by atoms with Gasteiger partial charge in [0.25, 0.3) is 11.8 Å². The van der Waals surface area contributed by atoms with Gasteiger partial charge in [-0.15, -0.1) is 0 Å². The quantitative estimate of drug-likeness (QED) is 0.576. The molecule has 3 rings (SSSR count). The lowest BCUT2D eigenvalue weighted by atomic mass is 10.0. The van der Waals surface area contributed by atoms with Crippen molar-refractivity contribution in [2.75, 3.05) is 25.5 Å². The second kappa shape index (κ2) is 9.30. The molecule has 0 aliphatic carbocycles. The number of anilines is 1. The highest BCUT2D eigenvalue weighted by Gasteiger charge is 2.17. The molecule has 3 aromatic rings. The SMILES string of the molecule is C[C@@H](NC(=O)C[NH+](C)CC(=O)Nc1ccc(F)cc1)c1ccc2ccccc2c1. The molecule has 0 heterocycles. The maximum atomic E-state index is 12.9. The predicted octanol–water partition coefficient (Wildman–Crippen LogP) is 2.31. The molecule has 0 fully saturated rings. The van der Waals surface area contributed by atoms with Gasteiger partial charge < -0.3 is 15.5 Å². The number of hydrogen-bond donors (Lipinski definition) is 3. The van der Waals surface area contributed by atoms with Gasteiger partial charge in [-0.1, -0.05) is 36.4 Å². The molecule has 0 saturated heterocycles. The minimum Gasteiger partial charge on any atom is -0.345 e. The van der Waals surface area contributed by atoms with Crippen LogP contribution in [0.1, 0.15) is 18.5 Å². The van der Waals surface area contributed by atoms with Crippen molar-refractivity contribution in [3.63, 3.8) is 0 Å². The van der Waals surface area contributed by atoms with Gasteiger partial charge in [-0.3, -0.25) is 9.59 Å². The molecular formula is C23H25FN3O2+. The van der Waals surface area contributed by atoms with Crippen molar-refractivity contribution >= 4 is 28.3 Å². The number of carbonyl (C=O) groups excluding carboxylic acids is 2. The summed E-state index contributed by atoms with van der Waals surface area (Å²) in [6, 6.07) is 19.7. The lowest BCUT2D eigenvalue weighted by Gasteiger charge is -2.17. The summed E-state index contributed by atoms with van der Waals surface area (Å²) in [7, 11) is 1.78. The van der Waals surface area contributed by atoms with Crippen molar-refractivity contribution in [1.82, 2.24) is 5.32 Å². The van der Waals surface area contributed by atoms with Gasteiger partial charge in [0, 0.05) is 5.69 Å². The Kier molecular flexibility index (Phi) is 6.57. The summed E-state index contributed by atoms with van der Waals surface area (Å²) in [6.07, 6.45) is 0. The summed E-state index contributed by atoms with van der Waals surface area (Å²) in [5.74, 6) is -0.717. The summed E-state index contributed by atoms with van der Waals surface area (Å²) in [6.45, 7) is 2.25. The van der Waals surface area contributed by atoms with Crippen LogP contribution in [-0.4, -0.2) is 32.0 Å². The summed E-state index contributed by atoms with van der Waals surface area (Å²) < 4.78 is 12.9. The van der Waals surface area contributed by atoms with Crippen molar-refractivity contribution in [2.45, 2.75) is 13.0 Å². The Bertz CT molecular complexity index is 1000. The largest absolute Gasteiger partial charge is 0.345 e. The van der Waals surface area contributed by atoms with Crippen LogP contribution in [0.5, 0.6) is 0 Å². The number of quaternary nitrogens is 1. The van der Waals surface area contributed by atoms with Crippen molar-refractivity contribution in [3.05, 3.63) is 78.1 Å². The molecule has 6 heteroatoms. The fourth-order valence-electron chi connectivity index (χ4n) is 3.20. The van der Waals surface area contributed by atoms with Crippen molar-refractivity contribution in [3.8, 4) is 0 Å². The lowest BCUT2D eigenvalue weighted by Crippen LogP contribution is -3.11. The molecule has 5 nitrogen and oxygen atoms in total. The predicted molar refractivity (Wildman–Crippen MR) is 112 cm³/mol. The van der Waals surface area contributed by atoms with Crippen LogP contribution in [0, 0.1) is 5.82 Å². The Morgan fingerprint density at radius 2 is 1.59 bits per heavy atom. The molecule has 2 amide bonds. The lowest BCUT2D eigenvalue weighted by molar-refractivity contribution is -0.862. The van der Waals surface area contributed by atoms with Crippen LogP contribution >= 0.6 is 0 Å². The molecule has 0 radical (unpaired) electrons. The van der Waals surface area contributed by atoms with Gasteiger partial charge in [-0.25, -0.2) is 4.39 Å². The number of rotatable bonds is 7. The molecule has 150 valence electrons. The van der Waals surface area contributed by atoms with Gasteiger partial charge in [0.15, 0.2) is 13.1 Å². The van der Waals surface area contributed by atoms with E-state index in [1.807, 2.05) is 37.3 Å². The third-order valence-corrected chi connectivity index (χ3v) is 4.70. The average molecular weight is 394 g/mol. The van der Waals surface area contributed by atoms with E-state index < -0.39 is 0 Å². The van der Waals surface area contributed by atoms with Gasteiger partial charge in [0.2, 0.25) is 0 Å². The Labute approximate surface area is 169 Å². The summed E-state index contributed by atoms with van der Waals surface area (Å²) in [5, 5.41) is 7.98. The first-order chi connectivity index (χ1) is 13.9. The summed E-state index contributed by atoms with van der Waals surface area (Å²) >= 11 is 0. The van der Waals surface area contributed by atoms with E-state index in [1.54, 1.807) is 7.05 Å². The molecule has 1 unspecified atom stereocenters. The molecule has 3 N–H and O–H groups in total. The Hall–Kier alpha value is -3.25. The van der Waals surface area contributed by atoms with Crippen molar-refractivity contribution in [2.24, 2.45) is 0 Å². The van der Waals surface area contributed by atoms with Crippen LogP contribution in [0.2, 0.25) is 0 Å². The standard InChI is InChI=1S/C23H24FN3O2/c1-16(18-8-7-17-5-3-4-6-19(17)13-18)25-22(28)14-27(2)15-23(29)26-21-11-9-20(24)10-12-21/h3-13,16H,14-15H2,1-2H3,(H,25,28)(H,26,29)/p+1/t16-/m1/s1. The van der Waals surface area contributed by atoms with Crippen LogP contribution < -0.4 is 15.5 Å². The molecule has 0 bridgehead atoms. The Morgan fingerprint density at radius 1 is 0.931 bits per heavy atom. The van der Waals surface area contributed by atoms with E-state index in [4.69, 9.17) is 0 Å². The van der Waals surface area contributed by atoms with Gasteiger partial charge >= 0.3 is 0 Å². The molecule has 0 aliphatic rings.